The molecule has 0 aliphatic rings. The van der Waals surface area contributed by atoms with Crippen molar-refractivity contribution in [1.82, 2.24) is 0 Å². The van der Waals surface area contributed by atoms with Gasteiger partial charge in [0, 0.05) is 6.61 Å². The van der Waals surface area contributed by atoms with E-state index in [1.54, 1.807) is 12.2 Å². The topological polar surface area (TPSA) is 60.7 Å². The summed E-state index contributed by atoms with van der Waals surface area (Å²) < 4.78 is 0. The van der Waals surface area contributed by atoms with E-state index in [0.29, 0.717) is 12.8 Å². The zero-order chi connectivity index (χ0) is 7.82. The van der Waals surface area contributed by atoms with E-state index in [-0.39, 0.29) is 13.2 Å². The zero-order valence-electron chi connectivity index (χ0n) is 5.90. The molecule has 3 heteroatoms. The van der Waals surface area contributed by atoms with Gasteiger partial charge in [0.15, 0.2) is 0 Å². The highest BCUT2D eigenvalue weighted by atomic mass is 16.3. The Morgan fingerprint density at radius 1 is 1.20 bits per heavy atom. The molecule has 3 nitrogen and oxygen atoms in total. The predicted octanol–water partition coefficient (Wildman–Crippen LogP) is -0.332. The second-order valence-corrected chi connectivity index (χ2v) is 2.06. The standard InChI is InChI=1S/C7H14O3/c8-5-3-1-2-4-7(10)6-9/h1-2,7-10H,3-6H2. The van der Waals surface area contributed by atoms with Crippen molar-refractivity contribution in [2.24, 2.45) is 0 Å². The Morgan fingerprint density at radius 3 is 2.40 bits per heavy atom. The second-order valence-electron chi connectivity index (χ2n) is 2.06. The van der Waals surface area contributed by atoms with Gasteiger partial charge in [-0.3, -0.25) is 0 Å². The average Bonchev–Trinajstić information content (AvgIpc) is 1.98. The molecule has 0 saturated heterocycles. The lowest BCUT2D eigenvalue weighted by atomic mass is 10.2. The van der Waals surface area contributed by atoms with Crippen LogP contribution in [0.2, 0.25) is 0 Å². The third-order valence-corrected chi connectivity index (χ3v) is 1.08. The van der Waals surface area contributed by atoms with E-state index >= 15 is 0 Å². The third kappa shape index (κ3) is 5.75. The maximum absolute atomic E-state index is 8.79. The Bertz CT molecular complexity index is 90.9. The highest BCUT2D eigenvalue weighted by molar-refractivity contribution is 4.83. The van der Waals surface area contributed by atoms with Crippen LogP contribution in [0.3, 0.4) is 0 Å². The van der Waals surface area contributed by atoms with Crippen LogP contribution < -0.4 is 0 Å². The number of aliphatic hydroxyl groups excluding tert-OH is 3. The maximum Gasteiger partial charge on any atom is 0.0805 e. The summed E-state index contributed by atoms with van der Waals surface area (Å²) in [6.07, 6.45) is 3.93. The lowest BCUT2D eigenvalue weighted by molar-refractivity contribution is 0.0975. The van der Waals surface area contributed by atoms with Crippen molar-refractivity contribution in [3.8, 4) is 0 Å². The molecule has 1 unspecified atom stereocenters. The molecule has 0 aromatic rings. The molecule has 0 bridgehead atoms. The van der Waals surface area contributed by atoms with Crippen molar-refractivity contribution in [3.05, 3.63) is 12.2 Å². The van der Waals surface area contributed by atoms with E-state index in [0.717, 1.165) is 0 Å². The molecule has 0 aromatic heterocycles. The maximum atomic E-state index is 8.79. The Balaban J connectivity index is 3.16. The fraction of sp³-hybridized carbons (Fsp3) is 0.714. The summed E-state index contributed by atoms with van der Waals surface area (Å²) >= 11 is 0. The highest BCUT2D eigenvalue weighted by Crippen LogP contribution is 1.92. The quantitative estimate of drug-likeness (QED) is 0.465. The first-order valence-corrected chi connectivity index (χ1v) is 3.36. The minimum atomic E-state index is -0.657. The van der Waals surface area contributed by atoms with E-state index in [9.17, 15) is 0 Å². The van der Waals surface area contributed by atoms with E-state index in [2.05, 4.69) is 0 Å². The molecular formula is C7H14O3. The fourth-order valence-electron chi connectivity index (χ4n) is 0.520. The molecule has 0 aliphatic heterocycles. The van der Waals surface area contributed by atoms with Crippen molar-refractivity contribution < 1.29 is 15.3 Å². The largest absolute Gasteiger partial charge is 0.396 e. The Morgan fingerprint density at radius 2 is 1.90 bits per heavy atom. The van der Waals surface area contributed by atoms with Gasteiger partial charge in [-0.1, -0.05) is 12.2 Å². The molecular weight excluding hydrogens is 132 g/mol. The molecule has 10 heavy (non-hydrogen) atoms. The molecule has 0 fully saturated rings. The molecule has 0 heterocycles. The minimum Gasteiger partial charge on any atom is -0.396 e. The van der Waals surface area contributed by atoms with Gasteiger partial charge in [-0.25, -0.2) is 0 Å². The predicted molar refractivity (Wildman–Crippen MR) is 38.6 cm³/mol. The molecule has 0 amide bonds. The van der Waals surface area contributed by atoms with E-state index in [1.165, 1.54) is 0 Å². The van der Waals surface area contributed by atoms with Crippen molar-refractivity contribution in [1.29, 1.82) is 0 Å². The monoisotopic (exact) mass is 146 g/mol. The SMILES string of the molecule is OCCC=CCC(O)CO. The van der Waals surface area contributed by atoms with Gasteiger partial charge >= 0.3 is 0 Å². The van der Waals surface area contributed by atoms with Crippen LogP contribution in [0.1, 0.15) is 12.8 Å². The first-order valence-electron chi connectivity index (χ1n) is 3.36. The Kier molecular flexibility index (Phi) is 6.48. The van der Waals surface area contributed by atoms with Crippen LogP contribution in [0.5, 0.6) is 0 Å². The van der Waals surface area contributed by atoms with Crippen LogP contribution >= 0.6 is 0 Å². The summed E-state index contributed by atoms with van der Waals surface area (Å²) in [5.41, 5.74) is 0. The summed E-state index contributed by atoms with van der Waals surface area (Å²) in [7, 11) is 0. The lowest BCUT2D eigenvalue weighted by Crippen LogP contribution is -2.09. The number of aliphatic hydroxyl groups is 3. The van der Waals surface area contributed by atoms with Gasteiger partial charge in [0.05, 0.1) is 12.7 Å². The van der Waals surface area contributed by atoms with Crippen LogP contribution in [0.25, 0.3) is 0 Å². The number of hydrogen-bond acceptors (Lipinski definition) is 3. The van der Waals surface area contributed by atoms with Crippen LogP contribution in [-0.2, 0) is 0 Å². The summed E-state index contributed by atoms with van der Waals surface area (Å²) in [5, 5.41) is 25.5. The first kappa shape index (κ1) is 9.62. The molecule has 0 rings (SSSR count). The van der Waals surface area contributed by atoms with E-state index < -0.39 is 6.10 Å². The Hall–Kier alpha value is -0.380. The van der Waals surface area contributed by atoms with E-state index in [1.807, 2.05) is 0 Å². The second kappa shape index (κ2) is 6.74. The van der Waals surface area contributed by atoms with E-state index in [4.69, 9.17) is 15.3 Å². The average molecular weight is 146 g/mol. The van der Waals surface area contributed by atoms with Gasteiger partial charge in [-0.05, 0) is 12.8 Å². The molecule has 0 spiro atoms. The molecule has 3 N–H and O–H groups in total. The molecule has 60 valence electrons. The fourth-order valence-corrected chi connectivity index (χ4v) is 0.520. The Labute approximate surface area is 60.6 Å². The smallest absolute Gasteiger partial charge is 0.0805 e. The molecule has 0 aromatic carbocycles. The molecule has 0 radical (unpaired) electrons. The van der Waals surface area contributed by atoms with Gasteiger partial charge in [0.1, 0.15) is 0 Å². The van der Waals surface area contributed by atoms with Crippen LogP contribution in [0, 0.1) is 0 Å². The lowest BCUT2D eigenvalue weighted by Gasteiger charge is -2.00. The summed E-state index contributed by atoms with van der Waals surface area (Å²) in [6, 6.07) is 0. The zero-order valence-corrected chi connectivity index (χ0v) is 5.90. The van der Waals surface area contributed by atoms with Crippen molar-refractivity contribution in [2.45, 2.75) is 18.9 Å². The minimum absolute atomic E-state index is 0.131. The van der Waals surface area contributed by atoms with Gasteiger partial charge < -0.3 is 15.3 Å². The normalized spacial score (nSPS) is 14.3. The van der Waals surface area contributed by atoms with Crippen LogP contribution in [-0.4, -0.2) is 34.6 Å². The van der Waals surface area contributed by atoms with Crippen molar-refractivity contribution >= 4 is 0 Å². The third-order valence-electron chi connectivity index (χ3n) is 1.08. The van der Waals surface area contributed by atoms with Crippen molar-refractivity contribution in [3.63, 3.8) is 0 Å². The molecule has 0 aliphatic carbocycles. The van der Waals surface area contributed by atoms with Gasteiger partial charge in [-0.15, -0.1) is 0 Å². The molecule has 0 saturated carbocycles. The summed E-state index contributed by atoms with van der Waals surface area (Å²) in [5.74, 6) is 0. The summed E-state index contributed by atoms with van der Waals surface area (Å²) in [6.45, 7) is -0.0742. The summed E-state index contributed by atoms with van der Waals surface area (Å²) in [4.78, 5) is 0. The molecule has 1 atom stereocenters. The van der Waals surface area contributed by atoms with Crippen LogP contribution in [0.15, 0.2) is 12.2 Å². The van der Waals surface area contributed by atoms with Crippen molar-refractivity contribution in [2.75, 3.05) is 13.2 Å². The van der Waals surface area contributed by atoms with Gasteiger partial charge in [0.2, 0.25) is 0 Å². The van der Waals surface area contributed by atoms with Crippen LogP contribution in [0.4, 0.5) is 0 Å². The highest BCUT2D eigenvalue weighted by Gasteiger charge is 1.95. The number of hydrogen-bond donors (Lipinski definition) is 3. The van der Waals surface area contributed by atoms with Gasteiger partial charge in [0.25, 0.3) is 0 Å². The number of rotatable bonds is 5. The van der Waals surface area contributed by atoms with Gasteiger partial charge in [-0.2, -0.15) is 0 Å². The first-order chi connectivity index (χ1) is 4.81.